The fraction of sp³-hybridized carbons (Fsp3) is 0.286. The van der Waals surface area contributed by atoms with Crippen molar-refractivity contribution in [3.05, 3.63) is 53.2 Å². The van der Waals surface area contributed by atoms with E-state index in [1.54, 1.807) is 19.1 Å². The number of carbonyl (C=O) groups excluding carboxylic acids is 1. The minimum Gasteiger partial charge on any atom is -0.361 e. The highest BCUT2D eigenvalue weighted by Gasteiger charge is 2.03. The van der Waals surface area contributed by atoms with Crippen molar-refractivity contribution >= 4 is 6.03 Å². The largest absolute Gasteiger partial charge is 0.361 e. The first-order valence-corrected chi connectivity index (χ1v) is 6.32. The van der Waals surface area contributed by atoms with Gasteiger partial charge in [0.25, 0.3) is 0 Å². The lowest BCUT2D eigenvalue weighted by atomic mass is 10.1. The molecule has 0 aliphatic heterocycles. The third-order valence-corrected chi connectivity index (χ3v) is 2.70. The molecule has 0 bridgehead atoms. The summed E-state index contributed by atoms with van der Waals surface area (Å²) in [5.74, 6) is 0.432. The van der Waals surface area contributed by atoms with E-state index in [1.807, 2.05) is 6.07 Å². The Morgan fingerprint density at radius 3 is 2.90 bits per heavy atom. The van der Waals surface area contributed by atoms with Crippen LogP contribution in [0.3, 0.4) is 0 Å². The van der Waals surface area contributed by atoms with E-state index in [-0.39, 0.29) is 11.8 Å². The van der Waals surface area contributed by atoms with Crippen molar-refractivity contribution in [3.8, 4) is 0 Å². The lowest BCUT2D eigenvalue weighted by molar-refractivity contribution is 0.240. The quantitative estimate of drug-likeness (QED) is 0.880. The summed E-state index contributed by atoms with van der Waals surface area (Å²) < 4.78 is 17.8. The summed E-state index contributed by atoms with van der Waals surface area (Å²) in [7, 11) is 0. The highest BCUT2D eigenvalue weighted by atomic mass is 19.1. The number of rotatable bonds is 5. The van der Waals surface area contributed by atoms with E-state index >= 15 is 0 Å². The van der Waals surface area contributed by atoms with Crippen molar-refractivity contribution in [1.29, 1.82) is 0 Å². The van der Waals surface area contributed by atoms with E-state index in [9.17, 15) is 9.18 Å². The molecule has 1 heterocycles. The van der Waals surface area contributed by atoms with Crippen molar-refractivity contribution in [2.75, 3.05) is 6.54 Å². The van der Waals surface area contributed by atoms with Crippen LogP contribution in [0.15, 0.2) is 34.9 Å². The summed E-state index contributed by atoms with van der Waals surface area (Å²) in [5.41, 5.74) is 1.51. The summed E-state index contributed by atoms with van der Waals surface area (Å²) in [5, 5.41) is 9.13. The number of urea groups is 1. The molecule has 0 fully saturated rings. The van der Waals surface area contributed by atoms with Gasteiger partial charge in [0, 0.05) is 12.6 Å². The molecule has 0 aliphatic carbocycles. The fourth-order valence-electron chi connectivity index (χ4n) is 1.75. The molecule has 2 rings (SSSR count). The van der Waals surface area contributed by atoms with Crippen LogP contribution in [0.1, 0.15) is 17.0 Å². The lowest BCUT2D eigenvalue weighted by Crippen LogP contribution is -2.36. The first-order valence-electron chi connectivity index (χ1n) is 6.32. The standard InChI is InChI=1S/C14H16FN3O2/c1-10-7-13(18-20-10)9-17-14(19)16-6-5-11-3-2-4-12(15)8-11/h2-4,7-8H,5-6,9H2,1H3,(H2,16,17,19). The first kappa shape index (κ1) is 14.0. The summed E-state index contributed by atoms with van der Waals surface area (Å²) in [6.45, 7) is 2.53. The molecule has 0 atom stereocenters. The minimum atomic E-state index is -0.290. The second-order valence-corrected chi connectivity index (χ2v) is 4.42. The highest BCUT2D eigenvalue weighted by Crippen LogP contribution is 2.03. The van der Waals surface area contributed by atoms with Crippen molar-refractivity contribution in [3.63, 3.8) is 0 Å². The van der Waals surface area contributed by atoms with Gasteiger partial charge < -0.3 is 15.2 Å². The van der Waals surface area contributed by atoms with E-state index in [1.165, 1.54) is 12.1 Å². The fourth-order valence-corrected chi connectivity index (χ4v) is 1.75. The average molecular weight is 277 g/mol. The van der Waals surface area contributed by atoms with Gasteiger partial charge in [0.05, 0.1) is 6.54 Å². The van der Waals surface area contributed by atoms with Gasteiger partial charge in [0.2, 0.25) is 0 Å². The van der Waals surface area contributed by atoms with Gasteiger partial charge in [-0.3, -0.25) is 0 Å². The second-order valence-electron chi connectivity index (χ2n) is 4.42. The molecule has 0 radical (unpaired) electrons. The molecule has 0 unspecified atom stereocenters. The van der Waals surface area contributed by atoms with Crippen LogP contribution in [0.2, 0.25) is 0 Å². The van der Waals surface area contributed by atoms with Gasteiger partial charge in [-0.05, 0) is 31.0 Å². The van der Waals surface area contributed by atoms with Crippen molar-refractivity contribution < 1.29 is 13.7 Å². The summed E-state index contributed by atoms with van der Waals surface area (Å²) in [4.78, 5) is 11.5. The molecular weight excluding hydrogens is 261 g/mol. The zero-order chi connectivity index (χ0) is 14.4. The maximum absolute atomic E-state index is 12.9. The summed E-state index contributed by atoms with van der Waals surface area (Å²) in [6, 6.07) is 7.79. The molecule has 2 amide bonds. The topological polar surface area (TPSA) is 67.2 Å². The minimum absolute atomic E-state index is 0.270. The highest BCUT2D eigenvalue weighted by molar-refractivity contribution is 5.73. The monoisotopic (exact) mass is 277 g/mol. The third kappa shape index (κ3) is 4.38. The van der Waals surface area contributed by atoms with Gasteiger partial charge in [-0.2, -0.15) is 0 Å². The molecule has 1 aromatic carbocycles. The van der Waals surface area contributed by atoms with Crippen LogP contribution in [0.4, 0.5) is 9.18 Å². The van der Waals surface area contributed by atoms with E-state index < -0.39 is 0 Å². The number of halogens is 1. The Kier molecular flexibility index (Phi) is 4.70. The number of hydrogen-bond donors (Lipinski definition) is 2. The molecule has 5 nitrogen and oxygen atoms in total. The molecule has 0 saturated heterocycles. The number of carbonyl (C=O) groups is 1. The van der Waals surface area contributed by atoms with Crippen LogP contribution in [-0.2, 0) is 13.0 Å². The molecule has 0 aliphatic rings. The normalized spacial score (nSPS) is 10.3. The van der Waals surface area contributed by atoms with E-state index in [0.717, 1.165) is 5.56 Å². The van der Waals surface area contributed by atoms with Gasteiger partial charge in [0.15, 0.2) is 0 Å². The van der Waals surface area contributed by atoms with Crippen LogP contribution in [0.5, 0.6) is 0 Å². The predicted molar refractivity (Wildman–Crippen MR) is 71.6 cm³/mol. The van der Waals surface area contributed by atoms with Crippen LogP contribution < -0.4 is 10.6 Å². The first-order chi connectivity index (χ1) is 9.63. The summed E-state index contributed by atoms with van der Waals surface area (Å²) in [6.07, 6.45) is 0.578. The Morgan fingerprint density at radius 1 is 1.35 bits per heavy atom. The summed E-state index contributed by atoms with van der Waals surface area (Å²) >= 11 is 0. The Bertz CT molecular complexity index is 583. The molecule has 20 heavy (non-hydrogen) atoms. The lowest BCUT2D eigenvalue weighted by Gasteiger charge is -2.06. The van der Waals surface area contributed by atoms with Gasteiger partial charge in [-0.25, -0.2) is 9.18 Å². The van der Waals surface area contributed by atoms with Crippen molar-refractivity contribution in [2.45, 2.75) is 19.9 Å². The number of nitrogens with zero attached hydrogens (tertiary/aromatic N) is 1. The molecule has 1 aromatic heterocycles. The van der Waals surface area contributed by atoms with E-state index in [2.05, 4.69) is 15.8 Å². The Balaban J connectivity index is 1.67. The number of aryl methyl sites for hydroxylation is 1. The number of hydrogen-bond acceptors (Lipinski definition) is 3. The zero-order valence-corrected chi connectivity index (χ0v) is 11.1. The molecule has 0 saturated carbocycles. The molecule has 0 spiro atoms. The van der Waals surface area contributed by atoms with Crippen LogP contribution in [-0.4, -0.2) is 17.7 Å². The van der Waals surface area contributed by atoms with Gasteiger partial charge in [0.1, 0.15) is 17.3 Å². The Labute approximate surface area is 116 Å². The average Bonchev–Trinajstić information content (AvgIpc) is 2.82. The number of amides is 2. The molecule has 6 heteroatoms. The van der Waals surface area contributed by atoms with E-state index in [4.69, 9.17) is 4.52 Å². The Hall–Kier alpha value is -2.37. The molecular formula is C14H16FN3O2. The third-order valence-electron chi connectivity index (χ3n) is 2.70. The number of benzene rings is 1. The predicted octanol–water partition coefficient (Wildman–Crippen LogP) is 2.16. The van der Waals surface area contributed by atoms with Gasteiger partial charge in [-0.1, -0.05) is 17.3 Å². The number of nitrogens with one attached hydrogen (secondary N) is 2. The van der Waals surface area contributed by atoms with Crippen molar-refractivity contribution in [2.24, 2.45) is 0 Å². The molecule has 2 N–H and O–H groups in total. The molecule has 106 valence electrons. The van der Waals surface area contributed by atoms with Crippen LogP contribution in [0, 0.1) is 12.7 Å². The van der Waals surface area contributed by atoms with Gasteiger partial charge >= 0.3 is 6.03 Å². The maximum Gasteiger partial charge on any atom is 0.315 e. The smallest absolute Gasteiger partial charge is 0.315 e. The van der Waals surface area contributed by atoms with Crippen molar-refractivity contribution in [1.82, 2.24) is 15.8 Å². The van der Waals surface area contributed by atoms with Gasteiger partial charge in [-0.15, -0.1) is 0 Å². The maximum atomic E-state index is 12.9. The molecule has 2 aromatic rings. The van der Waals surface area contributed by atoms with Crippen LogP contribution >= 0.6 is 0 Å². The van der Waals surface area contributed by atoms with E-state index in [0.29, 0.717) is 31.0 Å². The van der Waals surface area contributed by atoms with Crippen LogP contribution in [0.25, 0.3) is 0 Å². The second kappa shape index (κ2) is 6.70. The number of aromatic nitrogens is 1. The SMILES string of the molecule is Cc1cc(CNC(=O)NCCc2cccc(F)c2)no1. The Morgan fingerprint density at radius 2 is 2.20 bits per heavy atom. The zero-order valence-electron chi connectivity index (χ0n) is 11.1.